The van der Waals surface area contributed by atoms with E-state index < -0.39 is 0 Å². The van der Waals surface area contributed by atoms with E-state index in [9.17, 15) is 4.79 Å². The number of nitrogens with zero attached hydrogens (tertiary/aromatic N) is 1. The van der Waals surface area contributed by atoms with E-state index in [4.69, 9.17) is 0 Å². The van der Waals surface area contributed by atoms with Crippen LogP contribution in [0.2, 0.25) is 0 Å². The summed E-state index contributed by atoms with van der Waals surface area (Å²) in [6, 6.07) is 13.6. The number of carbonyl (C=O) groups is 1. The highest BCUT2D eigenvalue weighted by atomic mass is 79.9. The van der Waals surface area contributed by atoms with Crippen molar-refractivity contribution in [3.63, 3.8) is 0 Å². The molecule has 3 nitrogen and oxygen atoms in total. The second kappa shape index (κ2) is 7.87. The van der Waals surface area contributed by atoms with E-state index in [1.807, 2.05) is 42.5 Å². The molecule has 108 valence electrons. The molecular formula is C16H15BrN2OS. The van der Waals surface area contributed by atoms with Crippen LogP contribution in [0.3, 0.4) is 0 Å². The van der Waals surface area contributed by atoms with Crippen LogP contribution in [-0.4, -0.2) is 24.5 Å². The highest BCUT2D eigenvalue weighted by Gasteiger charge is 2.08. The third-order valence-corrected chi connectivity index (χ3v) is 4.31. The first-order valence-electron chi connectivity index (χ1n) is 6.42. The molecule has 0 unspecified atom stereocenters. The van der Waals surface area contributed by atoms with E-state index in [2.05, 4.69) is 33.1 Å². The third kappa shape index (κ3) is 5.25. The Labute approximate surface area is 137 Å². The Balaban J connectivity index is 1.78. The van der Waals surface area contributed by atoms with Crippen LogP contribution in [0.1, 0.15) is 10.4 Å². The van der Waals surface area contributed by atoms with Gasteiger partial charge in [0.1, 0.15) is 0 Å². The van der Waals surface area contributed by atoms with Crippen molar-refractivity contribution in [2.75, 3.05) is 13.6 Å². The minimum Gasteiger partial charge on any atom is -0.327 e. The van der Waals surface area contributed by atoms with Crippen molar-refractivity contribution in [2.45, 2.75) is 6.54 Å². The van der Waals surface area contributed by atoms with Gasteiger partial charge in [-0.2, -0.15) is 0 Å². The summed E-state index contributed by atoms with van der Waals surface area (Å²) < 4.78 is 1.07. The van der Waals surface area contributed by atoms with Gasteiger partial charge in [0.15, 0.2) is 0 Å². The molecule has 1 aromatic heterocycles. The number of carbonyl (C=O) groups excluding carboxylic acids is 1. The molecule has 0 aliphatic heterocycles. The molecule has 2 amide bonds. The lowest BCUT2D eigenvalue weighted by Crippen LogP contribution is -2.36. The largest absolute Gasteiger partial charge is 0.327 e. The molecule has 0 aliphatic rings. The van der Waals surface area contributed by atoms with Gasteiger partial charge < -0.3 is 10.2 Å². The number of nitrogens with one attached hydrogen (secondary N) is 1. The second-order valence-corrected chi connectivity index (χ2v) is 6.94. The predicted molar refractivity (Wildman–Crippen MR) is 90.2 cm³/mol. The van der Waals surface area contributed by atoms with Crippen molar-refractivity contribution in [2.24, 2.45) is 0 Å². The normalized spacial score (nSPS) is 9.62. The van der Waals surface area contributed by atoms with Crippen molar-refractivity contribution in [3.8, 4) is 11.8 Å². The average molecular weight is 363 g/mol. The lowest BCUT2D eigenvalue weighted by Gasteiger charge is -2.15. The number of rotatable bonds is 3. The quantitative estimate of drug-likeness (QED) is 0.829. The first-order valence-corrected chi connectivity index (χ1v) is 8.03. The number of halogens is 1. The fourth-order valence-corrected chi connectivity index (χ4v) is 3.20. The van der Waals surface area contributed by atoms with Gasteiger partial charge in [-0.25, -0.2) is 4.79 Å². The molecule has 21 heavy (non-hydrogen) atoms. The maximum atomic E-state index is 11.9. The van der Waals surface area contributed by atoms with Crippen molar-refractivity contribution in [3.05, 3.63) is 56.7 Å². The lowest BCUT2D eigenvalue weighted by molar-refractivity contribution is 0.208. The summed E-state index contributed by atoms with van der Waals surface area (Å²) in [6.45, 7) is 0.931. The van der Waals surface area contributed by atoms with Gasteiger partial charge in [-0.05, 0) is 40.2 Å². The molecule has 0 atom stereocenters. The molecule has 2 rings (SSSR count). The molecule has 1 N–H and O–H groups in total. The molecule has 0 fully saturated rings. The standard InChI is InChI=1S/C16H15BrN2OS/c1-19(12-14-9-10-15(17)21-14)16(20)18-11-5-8-13-6-3-2-4-7-13/h2-4,6-7,9-10H,11-12H2,1H3,(H,18,20). The summed E-state index contributed by atoms with van der Waals surface area (Å²) in [4.78, 5) is 14.7. The zero-order chi connectivity index (χ0) is 15.1. The monoisotopic (exact) mass is 362 g/mol. The smallest absolute Gasteiger partial charge is 0.318 e. The van der Waals surface area contributed by atoms with Gasteiger partial charge in [0.25, 0.3) is 0 Å². The molecular weight excluding hydrogens is 348 g/mol. The number of benzene rings is 1. The molecule has 1 aromatic carbocycles. The van der Waals surface area contributed by atoms with Crippen LogP contribution in [0.15, 0.2) is 46.3 Å². The highest BCUT2D eigenvalue weighted by Crippen LogP contribution is 2.22. The minimum atomic E-state index is -0.123. The van der Waals surface area contributed by atoms with Crippen LogP contribution in [0.4, 0.5) is 4.79 Å². The molecule has 2 aromatic rings. The van der Waals surface area contributed by atoms with Crippen molar-refractivity contribution in [1.29, 1.82) is 0 Å². The first kappa shape index (κ1) is 15.6. The van der Waals surface area contributed by atoms with Crippen LogP contribution in [0, 0.1) is 11.8 Å². The van der Waals surface area contributed by atoms with E-state index >= 15 is 0 Å². The molecule has 0 spiro atoms. The molecule has 0 bridgehead atoms. The number of urea groups is 1. The van der Waals surface area contributed by atoms with Crippen LogP contribution in [0.5, 0.6) is 0 Å². The molecule has 0 saturated heterocycles. The molecule has 0 saturated carbocycles. The number of hydrogen-bond donors (Lipinski definition) is 1. The number of amides is 2. The van der Waals surface area contributed by atoms with E-state index in [0.717, 1.165) is 14.2 Å². The second-order valence-electron chi connectivity index (χ2n) is 4.39. The number of thiophene rings is 1. The molecule has 0 radical (unpaired) electrons. The topological polar surface area (TPSA) is 32.3 Å². The van der Waals surface area contributed by atoms with E-state index in [-0.39, 0.29) is 6.03 Å². The van der Waals surface area contributed by atoms with Crippen LogP contribution >= 0.6 is 27.3 Å². The Morgan fingerprint density at radius 3 is 2.71 bits per heavy atom. The van der Waals surface area contributed by atoms with Crippen LogP contribution in [-0.2, 0) is 6.54 Å². The van der Waals surface area contributed by atoms with Gasteiger partial charge in [-0.15, -0.1) is 11.3 Å². The third-order valence-electron chi connectivity index (χ3n) is 2.70. The SMILES string of the molecule is CN(Cc1ccc(Br)s1)C(=O)NCC#Cc1ccccc1. The van der Waals surface area contributed by atoms with Crippen molar-refractivity contribution >= 4 is 33.3 Å². The highest BCUT2D eigenvalue weighted by molar-refractivity contribution is 9.11. The van der Waals surface area contributed by atoms with Gasteiger partial charge in [-0.1, -0.05) is 30.0 Å². The molecule has 1 heterocycles. The maximum absolute atomic E-state index is 11.9. The zero-order valence-corrected chi connectivity index (χ0v) is 14.0. The summed E-state index contributed by atoms with van der Waals surface area (Å²) in [5.74, 6) is 5.95. The minimum absolute atomic E-state index is 0.123. The molecule has 5 heteroatoms. The Bertz CT molecular complexity index is 658. The summed E-state index contributed by atoms with van der Waals surface area (Å²) in [6.07, 6.45) is 0. The van der Waals surface area contributed by atoms with Crippen molar-refractivity contribution < 1.29 is 4.79 Å². The zero-order valence-electron chi connectivity index (χ0n) is 11.6. The maximum Gasteiger partial charge on any atom is 0.318 e. The van der Waals surface area contributed by atoms with Gasteiger partial charge >= 0.3 is 6.03 Å². The summed E-state index contributed by atoms with van der Waals surface area (Å²) in [5, 5.41) is 2.79. The lowest BCUT2D eigenvalue weighted by atomic mass is 10.2. The van der Waals surface area contributed by atoms with E-state index in [0.29, 0.717) is 13.1 Å². The fourth-order valence-electron chi connectivity index (χ4n) is 1.66. The Morgan fingerprint density at radius 1 is 1.29 bits per heavy atom. The predicted octanol–water partition coefficient (Wildman–Crippen LogP) is 3.70. The fraction of sp³-hybridized carbons (Fsp3) is 0.188. The Hall–Kier alpha value is -1.77. The molecule has 0 aliphatic carbocycles. The van der Waals surface area contributed by atoms with Crippen LogP contribution in [0.25, 0.3) is 0 Å². The Kier molecular flexibility index (Phi) is 5.85. The van der Waals surface area contributed by atoms with Crippen LogP contribution < -0.4 is 5.32 Å². The summed E-state index contributed by atoms with van der Waals surface area (Å²) >= 11 is 5.04. The van der Waals surface area contributed by atoms with Gasteiger partial charge in [0, 0.05) is 17.5 Å². The summed E-state index contributed by atoms with van der Waals surface area (Å²) in [5.41, 5.74) is 0.948. The van der Waals surface area contributed by atoms with Gasteiger partial charge in [0.2, 0.25) is 0 Å². The summed E-state index contributed by atoms with van der Waals surface area (Å²) in [7, 11) is 1.77. The Morgan fingerprint density at radius 2 is 2.05 bits per heavy atom. The first-order chi connectivity index (χ1) is 10.1. The van der Waals surface area contributed by atoms with Crippen molar-refractivity contribution in [1.82, 2.24) is 10.2 Å². The van der Waals surface area contributed by atoms with Gasteiger partial charge in [-0.3, -0.25) is 0 Å². The van der Waals surface area contributed by atoms with E-state index in [1.165, 1.54) is 0 Å². The van der Waals surface area contributed by atoms with E-state index in [1.54, 1.807) is 23.3 Å². The number of hydrogen-bond acceptors (Lipinski definition) is 2. The van der Waals surface area contributed by atoms with Gasteiger partial charge in [0.05, 0.1) is 16.9 Å². The average Bonchev–Trinajstić information content (AvgIpc) is 2.89.